The number of methoxy groups -OCH3 is 1. The Morgan fingerprint density at radius 2 is 2.04 bits per heavy atom. The summed E-state index contributed by atoms with van der Waals surface area (Å²) in [5.41, 5.74) is 3.20. The molecular formula is C19H16ClN5O2S. The zero-order chi connectivity index (χ0) is 19.5. The van der Waals surface area contributed by atoms with Crippen LogP contribution in [-0.4, -0.2) is 32.6 Å². The Morgan fingerprint density at radius 1 is 1.21 bits per heavy atom. The standard InChI is InChI=1S/C19H16ClN5O2S/c1-27-11-17-23-24-19(28-17)22-16(26)10-14-18(12-5-7-13(20)8-6-12)21-15-4-2-3-9-25(14)15/h2-9H,10-11H2,1H3,(H,22,24,26). The van der Waals surface area contributed by atoms with Gasteiger partial charge in [-0.15, -0.1) is 10.2 Å². The lowest BCUT2D eigenvalue weighted by Gasteiger charge is -2.05. The van der Waals surface area contributed by atoms with Gasteiger partial charge in [0.25, 0.3) is 0 Å². The number of amides is 1. The minimum atomic E-state index is -0.194. The van der Waals surface area contributed by atoms with Gasteiger partial charge in [0.1, 0.15) is 17.3 Å². The molecule has 9 heteroatoms. The number of imidazole rings is 1. The number of fused-ring (bicyclic) bond motifs is 1. The van der Waals surface area contributed by atoms with Crippen molar-refractivity contribution >= 4 is 39.6 Å². The number of nitrogens with zero attached hydrogens (tertiary/aromatic N) is 4. The molecule has 7 nitrogen and oxygen atoms in total. The van der Waals surface area contributed by atoms with E-state index in [9.17, 15) is 4.79 Å². The number of rotatable bonds is 6. The molecule has 4 aromatic rings. The van der Waals surface area contributed by atoms with Crippen LogP contribution in [0.4, 0.5) is 5.13 Å². The van der Waals surface area contributed by atoms with E-state index >= 15 is 0 Å². The smallest absolute Gasteiger partial charge is 0.232 e. The highest BCUT2D eigenvalue weighted by molar-refractivity contribution is 7.15. The summed E-state index contributed by atoms with van der Waals surface area (Å²) in [6, 6.07) is 13.1. The van der Waals surface area contributed by atoms with Crippen molar-refractivity contribution in [1.82, 2.24) is 19.6 Å². The molecule has 0 aliphatic carbocycles. The number of ether oxygens (including phenoxy) is 1. The lowest BCUT2D eigenvalue weighted by Crippen LogP contribution is -2.16. The molecule has 3 aromatic heterocycles. The lowest BCUT2D eigenvalue weighted by molar-refractivity contribution is -0.115. The van der Waals surface area contributed by atoms with E-state index in [-0.39, 0.29) is 12.3 Å². The van der Waals surface area contributed by atoms with E-state index in [4.69, 9.17) is 21.3 Å². The number of anilines is 1. The summed E-state index contributed by atoms with van der Waals surface area (Å²) in [4.78, 5) is 17.4. The van der Waals surface area contributed by atoms with Crippen LogP contribution >= 0.6 is 22.9 Å². The maximum atomic E-state index is 12.7. The number of nitrogens with one attached hydrogen (secondary N) is 1. The number of carbonyl (C=O) groups is 1. The molecule has 0 radical (unpaired) electrons. The molecule has 0 saturated carbocycles. The van der Waals surface area contributed by atoms with E-state index in [1.807, 2.05) is 53.1 Å². The summed E-state index contributed by atoms with van der Waals surface area (Å²) >= 11 is 7.29. The highest BCUT2D eigenvalue weighted by Gasteiger charge is 2.18. The molecule has 0 unspecified atom stereocenters. The van der Waals surface area contributed by atoms with E-state index in [0.29, 0.717) is 21.8 Å². The normalized spacial score (nSPS) is 11.1. The number of pyridine rings is 1. The van der Waals surface area contributed by atoms with Crippen LogP contribution in [0.1, 0.15) is 10.7 Å². The monoisotopic (exact) mass is 413 g/mol. The maximum absolute atomic E-state index is 12.7. The number of hydrogen-bond acceptors (Lipinski definition) is 6. The van der Waals surface area contributed by atoms with Gasteiger partial charge in [-0.1, -0.05) is 41.1 Å². The van der Waals surface area contributed by atoms with E-state index in [2.05, 4.69) is 15.5 Å². The minimum Gasteiger partial charge on any atom is -0.377 e. The van der Waals surface area contributed by atoms with Crippen LogP contribution in [-0.2, 0) is 22.6 Å². The minimum absolute atomic E-state index is 0.141. The summed E-state index contributed by atoms with van der Waals surface area (Å²) in [6.45, 7) is 0.363. The lowest BCUT2D eigenvalue weighted by atomic mass is 10.1. The predicted molar refractivity (Wildman–Crippen MR) is 109 cm³/mol. The van der Waals surface area contributed by atoms with Gasteiger partial charge in [0.05, 0.1) is 17.8 Å². The Morgan fingerprint density at radius 3 is 2.82 bits per heavy atom. The van der Waals surface area contributed by atoms with Crippen molar-refractivity contribution < 1.29 is 9.53 Å². The number of benzene rings is 1. The fourth-order valence-electron chi connectivity index (χ4n) is 2.86. The third kappa shape index (κ3) is 3.89. The van der Waals surface area contributed by atoms with Crippen LogP contribution in [0.15, 0.2) is 48.7 Å². The molecule has 0 atom stereocenters. The molecule has 28 heavy (non-hydrogen) atoms. The summed E-state index contributed by atoms with van der Waals surface area (Å²) in [5, 5.41) is 12.5. The zero-order valence-corrected chi connectivity index (χ0v) is 16.5. The zero-order valence-electron chi connectivity index (χ0n) is 14.9. The molecule has 1 N–H and O–H groups in total. The SMILES string of the molecule is COCc1nnc(NC(=O)Cc2c(-c3ccc(Cl)cc3)nc3ccccn23)s1. The Bertz CT molecular complexity index is 1120. The maximum Gasteiger partial charge on any atom is 0.232 e. The first kappa shape index (κ1) is 18.5. The first-order chi connectivity index (χ1) is 13.6. The Hall–Kier alpha value is -2.81. The first-order valence-electron chi connectivity index (χ1n) is 8.47. The summed E-state index contributed by atoms with van der Waals surface area (Å²) in [7, 11) is 1.59. The molecule has 1 aromatic carbocycles. The second-order valence-corrected chi connectivity index (χ2v) is 7.50. The van der Waals surface area contributed by atoms with Gasteiger partial charge in [0, 0.05) is 23.9 Å². The average Bonchev–Trinajstić information content (AvgIpc) is 3.27. The van der Waals surface area contributed by atoms with Crippen molar-refractivity contribution in [3.63, 3.8) is 0 Å². The molecule has 0 aliphatic heterocycles. The average molecular weight is 414 g/mol. The van der Waals surface area contributed by atoms with Gasteiger partial charge in [-0.05, 0) is 24.3 Å². The van der Waals surface area contributed by atoms with Crippen LogP contribution in [0.3, 0.4) is 0 Å². The molecule has 142 valence electrons. The van der Waals surface area contributed by atoms with Crippen molar-refractivity contribution in [3.8, 4) is 11.3 Å². The van der Waals surface area contributed by atoms with Crippen molar-refractivity contribution in [1.29, 1.82) is 0 Å². The van der Waals surface area contributed by atoms with Crippen LogP contribution in [0.2, 0.25) is 5.02 Å². The molecular weight excluding hydrogens is 398 g/mol. The van der Waals surface area contributed by atoms with Crippen LogP contribution in [0, 0.1) is 0 Å². The largest absolute Gasteiger partial charge is 0.377 e. The van der Waals surface area contributed by atoms with Crippen molar-refractivity contribution in [3.05, 3.63) is 64.4 Å². The van der Waals surface area contributed by atoms with Gasteiger partial charge in [-0.25, -0.2) is 4.98 Å². The van der Waals surface area contributed by atoms with Gasteiger partial charge >= 0.3 is 0 Å². The van der Waals surface area contributed by atoms with Gasteiger partial charge in [0.2, 0.25) is 11.0 Å². The molecule has 4 rings (SSSR count). The van der Waals surface area contributed by atoms with Crippen molar-refractivity contribution in [2.24, 2.45) is 0 Å². The highest BCUT2D eigenvalue weighted by Crippen LogP contribution is 2.26. The summed E-state index contributed by atoms with van der Waals surface area (Å²) < 4.78 is 6.94. The Labute approximate surface area is 170 Å². The molecule has 0 fully saturated rings. The number of carbonyl (C=O) groups excluding carboxylic acids is 1. The topological polar surface area (TPSA) is 81.4 Å². The quantitative estimate of drug-likeness (QED) is 0.519. The van der Waals surface area contributed by atoms with E-state index in [0.717, 1.165) is 22.6 Å². The summed E-state index contributed by atoms with van der Waals surface area (Å²) in [5.74, 6) is -0.194. The van der Waals surface area contributed by atoms with Crippen LogP contribution < -0.4 is 5.32 Å². The second kappa shape index (κ2) is 8.05. The van der Waals surface area contributed by atoms with Gasteiger partial charge in [0.15, 0.2) is 0 Å². The fourth-order valence-corrected chi connectivity index (χ4v) is 3.71. The van der Waals surface area contributed by atoms with Crippen molar-refractivity contribution in [2.75, 3.05) is 12.4 Å². The molecule has 0 bridgehead atoms. The molecule has 1 amide bonds. The van der Waals surface area contributed by atoms with E-state index in [1.54, 1.807) is 7.11 Å². The number of halogens is 1. The predicted octanol–water partition coefficient (Wildman–Crippen LogP) is 3.83. The molecule has 0 saturated heterocycles. The Kier molecular flexibility index (Phi) is 5.34. The van der Waals surface area contributed by atoms with Gasteiger partial charge < -0.3 is 14.5 Å². The molecule has 0 aliphatic rings. The van der Waals surface area contributed by atoms with E-state index in [1.165, 1.54) is 11.3 Å². The molecule has 3 heterocycles. The second-order valence-electron chi connectivity index (χ2n) is 6.00. The number of hydrogen-bond donors (Lipinski definition) is 1. The third-order valence-corrected chi connectivity index (χ3v) is 5.12. The molecule has 0 spiro atoms. The van der Waals surface area contributed by atoms with Gasteiger partial charge in [-0.2, -0.15) is 0 Å². The van der Waals surface area contributed by atoms with Crippen LogP contribution in [0.25, 0.3) is 16.9 Å². The fraction of sp³-hybridized carbons (Fsp3) is 0.158. The highest BCUT2D eigenvalue weighted by atomic mass is 35.5. The van der Waals surface area contributed by atoms with Crippen LogP contribution in [0.5, 0.6) is 0 Å². The van der Waals surface area contributed by atoms with E-state index < -0.39 is 0 Å². The van der Waals surface area contributed by atoms with Gasteiger partial charge in [-0.3, -0.25) is 4.79 Å². The number of aromatic nitrogens is 4. The Balaban J connectivity index is 1.64. The third-order valence-electron chi connectivity index (χ3n) is 4.06. The first-order valence-corrected chi connectivity index (χ1v) is 9.66. The summed E-state index contributed by atoms with van der Waals surface area (Å²) in [6.07, 6.45) is 2.04. The van der Waals surface area contributed by atoms with Crippen molar-refractivity contribution in [2.45, 2.75) is 13.0 Å².